The van der Waals surface area contributed by atoms with Crippen LogP contribution in [-0.2, 0) is 14.3 Å². The summed E-state index contributed by atoms with van der Waals surface area (Å²) < 4.78 is 11.1. The van der Waals surface area contributed by atoms with Crippen LogP contribution in [0.2, 0.25) is 0 Å². The number of ether oxygens (including phenoxy) is 2. The van der Waals surface area contributed by atoms with E-state index in [0.717, 1.165) is 0 Å². The molecule has 3 aromatic rings. The second-order valence-corrected chi connectivity index (χ2v) is 7.69. The van der Waals surface area contributed by atoms with E-state index in [4.69, 9.17) is 9.47 Å². The molecule has 0 spiro atoms. The van der Waals surface area contributed by atoms with Gasteiger partial charge in [0.15, 0.2) is 0 Å². The molecule has 33 heavy (non-hydrogen) atoms. The average Bonchev–Trinajstić information content (AvgIpc) is 3.10. The van der Waals surface area contributed by atoms with E-state index in [1.54, 1.807) is 37.4 Å². The number of hydrogen-bond acceptors (Lipinski definition) is 5. The maximum absolute atomic E-state index is 13.1. The van der Waals surface area contributed by atoms with E-state index in [2.05, 4.69) is 0 Å². The first kappa shape index (κ1) is 22.3. The number of likely N-dealkylation sites (tertiary alicyclic amines) is 1. The first-order valence-electron chi connectivity index (χ1n) is 10.8. The number of aliphatic hydroxyl groups excluding tert-OH is 1. The maximum atomic E-state index is 13.1. The number of methoxy groups -OCH3 is 1. The van der Waals surface area contributed by atoms with E-state index in [1.807, 2.05) is 54.6 Å². The third kappa shape index (κ3) is 4.81. The lowest BCUT2D eigenvalue weighted by Gasteiger charge is -2.25. The molecule has 1 fully saturated rings. The summed E-state index contributed by atoms with van der Waals surface area (Å²) in [6.45, 7) is 0.768. The molecule has 168 valence electrons. The van der Waals surface area contributed by atoms with Crippen LogP contribution in [0.5, 0.6) is 11.5 Å². The largest absolute Gasteiger partial charge is 0.507 e. The van der Waals surface area contributed by atoms with Gasteiger partial charge in [0.25, 0.3) is 11.7 Å². The lowest BCUT2D eigenvalue weighted by Crippen LogP contribution is -2.31. The lowest BCUT2D eigenvalue weighted by molar-refractivity contribution is -0.140. The van der Waals surface area contributed by atoms with Gasteiger partial charge in [0.05, 0.1) is 11.6 Å². The first-order valence-corrected chi connectivity index (χ1v) is 10.8. The van der Waals surface area contributed by atoms with E-state index in [9.17, 15) is 14.7 Å². The molecular formula is C27H25NO5. The number of para-hydroxylation sites is 1. The number of hydrogen-bond donors (Lipinski definition) is 1. The van der Waals surface area contributed by atoms with E-state index < -0.39 is 17.7 Å². The number of ketones is 1. The molecular weight excluding hydrogens is 418 g/mol. The van der Waals surface area contributed by atoms with Gasteiger partial charge in [0.2, 0.25) is 0 Å². The minimum atomic E-state index is -0.735. The van der Waals surface area contributed by atoms with Gasteiger partial charge >= 0.3 is 0 Å². The summed E-state index contributed by atoms with van der Waals surface area (Å²) in [6.07, 6.45) is 0.561. The van der Waals surface area contributed by atoms with E-state index in [0.29, 0.717) is 42.2 Å². The van der Waals surface area contributed by atoms with Gasteiger partial charge in [-0.25, -0.2) is 0 Å². The van der Waals surface area contributed by atoms with Crippen molar-refractivity contribution in [2.24, 2.45) is 0 Å². The number of aliphatic hydroxyl groups is 1. The fraction of sp³-hybridized carbons (Fsp3) is 0.185. The van der Waals surface area contributed by atoms with Gasteiger partial charge in [0.1, 0.15) is 17.3 Å². The van der Waals surface area contributed by atoms with Gasteiger partial charge < -0.3 is 19.5 Å². The Kier molecular flexibility index (Phi) is 6.86. The molecule has 0 aliphatic carbocycles. The number of amides is 1. The minimum absolute atomic E-state index is 0.0699. The standard InChI is InChI=1S/C27H25NO5/c1-32-17-9-16-28-24(20-12-8-15-22(18-20)33-21-13-6-3-7-14-21)23(26(30)27(28)31)25(29)19-10-4-2-5-11-19/h2-8,10-15,18,24,29H,9,16-17H2,1H3. The molecule has 6 nitrogen and oxygen atoms in total. The second-order valence-electron chi connectivity index (χ2n) is 7.69. The number of carbonyl (C=O) groups is 2. The van der Waals surface area contributed by atoms with Crippen molar-refractivity contribution in [3.8, 4) is 11.5 Å². The molecule has 1 unspecified atom stereocenters. The predicted molar refractivity (Wildman–Crippen MR) is 125 cm³/mol. The van der Waals surface area contributed by atoms with Crippen LogP contribution in [0.25, 0.3) is 5.76 Å². The minimum Gasteiger partial charge on any atom is -0.507 e. The molecule has 1 saturated heterocycles. The third-order valence-electron chi connectivity index (χ3n) is 5.49. The lowest BCUT2D eigenvalue weighted by atomic mass is 9.95. The Hall–Kier alpha value is -3.90. The van der Waals surface area contributed by atoms with Gasteiger partial charge in [-0.1, -0.05) is 60.7 Å². The molecule has 1 N–H and O–H groups in total. The molecule has 6 heteroatoms. The molecule has 1 amide bonds. The van der Waals surface area contributed by atoms with Gasteiger partial charge in [0, 0.05) is 25.8 Å². The van der Waals surface area contributed by atoms with Crippen molar-refractivity contribution in [1.82, 2.24) is 4.90 Å². The van der Waals surface area contributed by atoms with Crippen molar-refractivity contribution < 1.29 is 24.2 Å². The SMILES string of the molecule is COCCCN1C(=O)C(=O)C(=C(O)c2ccccc2)C1c1cccc(Oc2ccccc2)c1. The molecule has 0 aromatic heterocycles. The second kappa shape index (κ2) is 10.1. The van der Waals surface area contributed by atoms with Crippen molar-refractivity contribution in [2.45, 2.75) is 12.5 Å². The topological polar surface area (TPSA) is 76.1 Å². The Morgan fingerprint density at radius 2 is 1.58 bits per heavy atom. The molecule has 3 aromatic carbocycles. The molecule has 1 heterocycles. The third-order valence-corrected chi connectivity index (χ3v) is 5.49. The number of Topliss-reactive ketones (excluding diaryl/α,β-unsaturated/α-hetero) is 1. The highest BCUT2D eigenvalue weighted by Crippen LogP contribution is 2.40. The Balaban J connectivity index is 1.77. The quantitative estimate of drug-likeness (QED) is 0.231. The molecule has 0 radical (unpaired) electrons. The highest BCUT2D eigenvalue weighted by molar-refractivity contribution is 6.46. The molecule has 1 atom stereocenters. The summed E-state index contributed by atoms with van der Waals surface area (Å²) in [5.41, 5.74) is 1.23. The average molecular weight is 443 g/mol. The summed E-state index contributed by atoms with van der Waals surface area (Å²) >= 11 is 0. The number of benzene rings is 3. The van der Waals surface area contributed by atoms with Crippen molar-refractivity contribution >= 4 is 17.4 Å². The van der Waals surface area contributed by atoms with Crippen LogP contribution in [0.4, 0.5) is 0 Å². The maximum Gasteiger partial charge on any atom is 0.295 e. The van der Waals surface area contributed by atoms with E-state index in [-0.39, 0.29) is 11.3 Å². The zero-order chi connectivity index (χ0) is 23.2. The Morgan fingerprint density at radius 1 is 0.909 bits per heavy atom. The highest BCUT2D eigenvalue weighted by Gasteiger charge is 2.45. The van der Waals surface area contributed by atoms with Crippen molar-refractivity contribution in [2.75, 3.05) is 20.3 Å². The number of nitrogens with zero attached hydrogens (tertiary/aromatic N) is 1. The van der Waals surface area contributed by atoms with E-state index in [1.165, 1.54) is 4.90 Å². The Bertz CT molecular complexity index is 1160. The monoisotopic (exact) mass is 443 g/mol. The first-order chi connectivity index (χ1) is 16.1. The molecule has 0 bridgehead atoms. The van der Waals surface area contributed by atoms with Gasteiger partial charge in [-0.3, -0.25) is 9.59 Å². The van der Waals surface area contributed by atoms with Gasteiger partial charge in [-0.2, -0.15) is 0 Å². The summed E-state index contributed by atoms with van der Waals surface area (Å²) in [4.78, 5) is 27.5. The highest BCUT2D eigenvalue weighted by atomic mass is 16.5. The van der Waals surface area contributed by atoms with Crippen LogP contribution in [0, 0.1) is 0 Å². The van der Waals surface area contributed by atoms with Gasteiger partial charge in [-0.05, 0) is 36.2 Å². The smallest absolute Gasteiger partial charge is 0.295 e. The molecule has 1 aliphatic heterocycles. The molecule has 1 aliphatic rings. The Labute approximate surface area is 192 Å². The van der Waals surface area contributed by atoms with Crippen LogP contribution in [-0.4, -0.2) is 42.0 Å². The fourth-order valence-electron chi connectivity index (χ4n) is 3.96. The van der Waals surface area contributed by atoms with E-state index >= 15 is 0 Å². The predicted octanol–water partition coefficient (Wildman–Crippen LogP) is 4.94. The molecule has 4 rings (SSSR count). The van der Waals surface area contributed by atoms with Gasteiger partial charge in [-0.15, -0.1) is 0 Å². The number of rotatable bonds is 8. The summed E-state index contributed by atoms with van der Waals surface area (Å²) in [5.74, 6) is -0.285. The van der Waals surface area contributed by atoms with Crippen LogP contribution in [0.3, 0.4) is 0 Å². The Morgan fingerprint density at radius 3 is 2.27 bits per heavy atom. The summed E-state index contributed by atoms with van der Waals surface area (Å²) in [7, 11) is 1.59. The number of carbonyl (C=O) groups excluding carboxylic acids is 2. The zero-order valence-electron chi connectivity index (χ0n) is 18.3. The van der Waals surface area contributed by atoms with Crippen molar-refractivity contribution in [3.05, 3.63) is 102 Å². The van der Waals surface area contributed by atoms with Crippen LogP contribution < -0.4 is 4.74 Å². The molecule has 0 saturated carbocycles. The normalized spacial score (nSPS) is 17.4. The fourth-order valence-corrected chi connectivity index (χ4v) is 3.96. The van der Waals surface area contributed by atoms with Crippen LogP contribution in [0.1, 0.15) is 23.6 Å². The van der Waals surface area contributed by atoms with Crippen molar-refractivity contribution in [3.63, 3.8) is 0 Å². The summed E-state index contributed by atoms with van der Waals surface area (Å²) in [5, 5.41) is 11.1. The van der Waals surface area contributed by atoms with Crippen LogP contribution in [0.15, 0.2) is 90.5 Å². The summed E-state index contributed by atoms with van der Waals surface area (Å²) in [6, 6.07) is 24.6. The zero-order valence-corrected chi connectivity index (χ0v) is 18.3. The van der Waals surface area contributed by atoms with Crippen LogP contribution >= 0.6 is 0 Å². The van der Waals surface area contributed by atoms with Crippen molar-refractivity contribution in [1.29, 1.82) is 0 Å².